The molecule has 0 unspecified atom stereocenters. The van der Waals surface area contributed by atoms with E-state index in [1.54, 1.807) is 18.2 Å². The molecule has 0 saturated carbocycles. The number of nitrogens with zero attached hydrogens (tertiary/aromatic N) is 2. The second-order valence-electron chi connectivity index (χ2n) is 6.44. The fourth-order valence-electron chi connectivity index (χ4n) is 3.07. The molecular formula is C18H21FN3O5S+. The first-order valence-corrected chi connectivity index (χ1v) is 10.3. The number of halogens is 1. The molecule has 0 amide bonds. The molecule has 1 aliphatic rings. The van der Waals surface area contributed by atoms with Gasteiger partial charge >= 0.3 is 0 Å². The van der Waals surface area contributed by atoms with Gasteiger partial charge in [0.25, 0.3) is 5.69 Å². The molecule has 0 bridgehead atoms. The molecule has 3 rings (SSSR count). The summed E-state index contributed by atoms with van der Waals surface area (Å²) < 4.78 is 45.8. The third-order valence-corrected chi connectivity index (χ3v) is 6.54. The van der Waals surface area contributed by atoms with Crippen molar-refractivity contribution in [1.29, 1.82) is 0 Å². The van der Waals surface area contributed by atoms with Gasteiger partial charge in [-0.3, -0.25) is 10.1 Å². The number of nitro benzene ring substituents is 1. The lowest BCUT2D eigenvalue weighted by Gasteiger charge is -2.31. The topological polar surface area (TPSA) is 94.2 Å². The van der Waals surface area contributed by atoms with Gasteiger partial charge in [-0.2, -0.15) is 4.31 Å². The molecule has 0 spiro atoms. The summed E-state index contributed by atoms with van der Waals surface area (Å²) in [5, 5.41) is 10.9. The summed E-state index contributed by atoms with van der Waals surface area (Å²) in [7, 11) is -3.78. The first-order valence-electron chi connectivity index (χ1n) is 8.83. The van der Waals surface area contributed by atoms with E-state index in [9.17, 15) is 22.9 Å². The lowest BCUT2D eigenvalue weighted by Crippen LogP contribution is -3.15. The largest absolute Gasteiger partial charge is 0.485 e. The Morgan fingerprint density at radius 2 is 1.86 bits per heavy atom. The zero-order valence-electron chi connectivity index (χ0n) is 15.1. The monoisotopic (exact) mass is 410 g/mol. The van der Waals surface area contributed by atoms with Crippen molar-refractivity contribution in [3.05, 3.63) is 64.5 Å². The molecule has 1 saturated heterocycles. The van der Waals surface area contributed by atoms with E-state index in [2.05, 4.69) is 0 Å². The Kier molecular flexibility index (Phi) is 6.22. The molecule has 2 aromatic carbocycles. The Balaban J connectivity index is 1.54. The highest BCUT2D eigenvalue weighted by atomic mass is 32.2. The first kappa shape index (κ1) is 20.2. The number of sulfonamides is 1. The summed E-state index contributed by atoms with van der Waals surface area (Å²) >= 11 is 0. The Morgan fingerprint density at radius 1 is 1.14 bits per heavy atom. The minimum absolute atomic E-state index is 0.0759. The lowest BCUT2D eigenvalue weighted by molar-refractivity contribution is -0.903. The Hall–Kier alpha value is -2.56. The molecule has 28 heavy (non-hydrogen) atoms. The molecule has 0 aliphatic carbocycles. The predicted molar refractivity (Wildman–Crippen MR) is 99.3 cm³/mol. The summed E-state index contributed by atoms with van der Waals surface area (Å²) in [5.74, 6) is -0.209. The number of hydrogen-bond donors (Lipinski definition) is 1. The van der Waals surface area contributed by atoms with Crippen molar-refractivity contribution in [2.45, 2.75) is 4.90 Å². The van der Waals surface area contributed by atoms with Crippen molar-refractivity contribution in [2.24, 2.45) is 0 Å². The molecule has 150 valence electrons. The van der Waals surface area contributed by atoms with Gasteiger partial charge in [-0.25, -0.2) is 12.8 Å². The summed E-state index contributed by atoms with van der Waals surface area (Å²) in [6.45, 7) is 2.72. The smallest absolute Gasteiger partial charge is 0.270 e. The van der Waals surface area contributed by atoms with Gasteiger partial charge in [-0.05, 0) is 18.2 Å². The van der Waals surface area contributed by atoms with Crippen LogP contribution < -0.4 is 9.64 Å². The second kappa shape index (κ2) is 8.63. The molecule has 1 fully saturated rings. The van der Waals surface area contributed by atoms with Gasteiger partial charge in [0.15, 0.2) is 11.6 Å². The standard InChI is InChI=1S/C18H20FN3O5S/c19-17-6-1-2-7-18(17)27-13-12-20-8-10-21(11-9-20)28(25,26)16-5-3-4-15(14-16)22(23)24/h1-7,14H,8-13H2/p+1. The van der Waals surface area contributed by atoms with Crippen LogP contribution in [0.3, 0.4) is 0 Å². The highest BCUT2D eigenvalue weighted by Crippen LogP contribution is 2.21. The molecule has 10 heteroatoms. The minimum atomic E-state index is -3.78. The summed E-state index contributed by atoms with van der Waals surface area (Å²) in [6.07, 6.45) is 0. The van der Waals surface area contributed by atoms with Gasteiger partial charge in [0.2, 0.25) is 10.0 Å². The van der Waals surface area contributed by atoms with Crippen LogP contribution in [0.25, 0.3) is 0 Å². The van der Waals surface area contributed by atoms with Crippen molar-refractivity contribution < 1.29 is 27.4 Å². The second-order valence-corrected chi connectivity index (χ2v) is 8.38. The molecule has 8 nitrogen and oxygen atoms in total. The van der Waals surface area contributed by atoms with E-state index >= 15 is 0 Å². The molecular weight excluding hydrogens is 389 g/mol. The first-order chi connectivity index (χ1) is 13.4. The SMILES string of the molecule is O=[N+]([O-])c1cccc(S(=O)(=O)N2CC[NH+](CCOc3ccccc3F)CC2)c1. The maximum Gasteiger partial charge on any atom is 0.270 e. The van der Waals surface area contributed by atoms with Gasteiger partial charge in [0.1, 0.15) is 13.2 Å². The van der Waals surface area contributed by atoms with E-state index in [1.807, 2.05) is 0 Å². The fraction of sp³-hybridized carbons (Fsp3) is 0.333. The lowest BCUT2D eigenvalue weighted by atomic mass is 10.3. The molecule has 2 aromatic rings. The van der Waals surface area contributed by atoms with Crippen LogP contribution in [0.2, 0.25) is 0 Å². The van der Waals surface area contributed by atoms with Crippen molar-refractivity contribution in [3.8, 4) is 5.75 Å². The zero-order valence-corrected chi connectivity index (χ0v) is 15.9. The summed E-state index contributed by atoms with van der Waals surface area (Å²) in [4.78, 5) is 11.3. The van der Waals surface area contributed by atoms with Crippen molar-refractivity contribution in [3.63, 3.8) is 0 Å². The average Bonchev–Trinajstić information content (AvgIpc) is 2.70. The molecule has 0 aromatic heterocycles. The number of benzene rings is 2. The van der Waals surface area contributed by atoms with Gasteiger partial charge in [0.05, 0.1) is 36.0 Å². The van der Waals surface area contributed by atoms with Crippen molar-refractivity contribution in [1.82, 2.24) is 4.31 Å². The number of hydrogen-bond acceptors (Lipinski definition) is 5. The van der Waals surface area contributed by atoms with Gasteiger partial charge in [0, 0.05) is 12.1 Å². The van der Waals surface area contributed by atoms with Crippen LogP contribution in [0, 0.1) is 15.9 Å². The number of rotatable bonds is 7. The van der Waals surface area contributed by atoms with E-state index in [0.717, 1.165) is 11.0 Å². The van der Waals surface area contributed by atoms with E-state index < -0.39 is 20.8 Å². The van der Waals surface area contributed by atoms with Crippen LogP contribution in [-0.4, -0.2) is 57.0 Å². The van der Waals surface area contributed by atoms with Crippen LogP contribution >= 0.6 is 0 Å². The Bertz CT molecular complexity index is 946. The van der Waals surface area contributed by atoms with Crippen LogP contribution in [-0.2, 0) is 10.0 Å². The van der Waals surface area contributed by atoms with Gasteiger partial charge < -0.3 is 9.64 Å². The van der Waals surface area contributed by atoms with Gasteiger partial charge in [-0.15, -0.1) is 0 Å². The third kappa shape index (κ3) is 4.64. The average molecular weight is 410 g/mol. The van der Waals surface area contributed by atoms with E-state index in [-0.39, 0.29) is 16.3 Å². The number of ether oxygens (including phenoxy) is 1. The number of nitro groups is 1. The molecule has 0 radical (unpaired) electrons. The quantitative estimate of drug-likeness (QED) is 0.536. The number of piperazine rings is 1. The van der Waals surface area contributed by atoms with E-state index in [1.165, 1.54) is 28.6 Å². The zero-order chi connectivity index (χ0) is 20.1. The van der Waals surface area contributed by atoms with Crippen LogP contribution in [0.1, 0.15) is 0 Å². The molecule has 0 atom stereocenters. The Labute approximate surface area is 162 Å². The minimum Gasteiger partial charge on any atom is -0.485 e. The number of non-ortho nitro benzene ring substituents is 1. The predicted octanol–water partition coefficient (Wildman–Crippen LogP) is 0.702. The third-order valence-electron chi connectivity index (χ3n) is 4.65. The van der Waals surface area contributed by atoms with Crippen molar-refractivity contribution in [2.75, 3.05) is 39.3 Å². The van der Waals surface area contributed by atoms with Crippen LogP contribution in [0.5, 0.6) is 5.75 Å². The normalized spacial score (nSPS) is 16.0. The van der Waals surface area contributed by atoms with Crippen molar-refractivity contribution >= 4 is 15.7 Å². The Morgan fingerprint density at radius 3 is 2.54 bits per heavy atom. The summed E-state index contributed by atoms with van der Waals surface area (Å²) in [5.41, 5.74) is -0.254. The molecule has 1 heterocycles. The molecule has 1 N–H and O–H groups in total. The number of quaternary nitrogens is 1. The maximum absolute atomic E-state index is 13.5. The van der Waals surface area contributed by atoms with E-state index in [4.69, 9.17) is 4.74 Å². The van der Waals surface area contributed by atoms with Crippen LogP contribution in [0.4, 0.5) is 10.1 Å². The highest BCUT2D eigenvalue weighted by molar-refractivity contribution is 7.89. The fourth-order valence-corrected chi connectivity index (χ4v) is 4.55. The van der Waals surface area contributed by atoms with E-state index in [0.29, 0.717) is 39.3 Å². The molecule has 1 aliphatic heterocycles. The summed E-state index contributed by atoms with van der Waals surface area (Å²) in [6, 6.07) is 11.3. The number of para-hydroxylation sites is 1. The maximum atomic E-state index is 13.5. The van der Waals surface area contributed by atoms with Crippen LogP contribution in [0.15, 0.2) is 53.4 Å². The highest BCUT2D eigenvalue weighted by Gasteiger charge is 2.31. The van der Waals surface area contributed by atoms with Gasteiger partial charge in [-0.1, -0.05) is 18.2 Å². The number of nitrogens with one attached hydrogen (secondary N) is 1.